The van der Waals surface area contributed by atoms with Crippen LogP contribution in [0.3, 0.4) is 0 Å². The highest BCUT2D eigenvalue weighted by Crippen LogP contribution is 2.28. The number of allylic oxidation sites excluding steroid dienone is 12. The molecule has 0 aliphatic rings. The molecule has 0 aromatic heterocycles. The molecule has 1 amide bonds. The standard InChI is InChI=1S/C63H117N3O2/c1-8-11-14-17-20-23-26-29-32-35-37-40-43-46-49-52-55-61(54-51-48-45-42-39-36-33-30-27-24-21-18-15-12-9-2)62(68-63(67)66(59-57-64(4)5)60-58-65(6)7)56-53-50-47-44-41-38-34-31-28-25-22-19-16-13-10-3/h20-25,29-34,61-62H,8-19,26-28,35-60H2,1-7H3. The zero-order valence-corrected chi connectivity index (χ0v) is 46.7. The van der Waals surface area contributed by atoms with Gasteiger partial charge in [-0.25, -0.2) is 4.79 Å². The SMILES string of the molecule is CCCCCC=CCC=CCCCCCCCCC(CCCCCCCC=CCC=CCCCCC)C(CCCCCCCC=CCC=CCCCCC)OC(=O)N(CCN(C)C)CCN(C)C. The van der Waals surface area contributed by atoms with Gasteiger partial charge in [0, 0.05) is 26.2 Å². The molecule has 0 N–H and O–H groups in total. The van der Waals surface area contributed by atoms with Gasteiger partial charge < -0.3 is 19.4 Å². The summed E-state index contributed by atoms with van der Waals surface area (Å²) in [5.74, 6) is 0.443. The first-order chi connectivity index (χ1) is 33.3. The van der Waals surface area contributed by atoms with Gasteiger partial charge in [0.2, 0.25) is 0 Å². The van der Waals surface area contributed by atoms with E-state index >= 15 is 0 Å². The molecule has 0 aromatic carbocycles. The normalized spacial score (nSPS) is 13.4. The molecule has 5 nitrogen and oxygen atoms in total. The topological polar surface area (TPSA) is 36.0 Å². The number of carbonyl (C=O) groups excluding carboxylic acids is 1. The fourth-order valence-corrected chi connectivity index (χ4v) is 8.82. The molecule has 0 fully saturated rings. The lowest BCUT2D eigenvalue weighted by molar-refractivity contribution is 0.0208. The van der Waals surface area contributed by atoms with E-state index < -0.39 is 0 Å². The van der Waals surface area contributed by atoms with Crippen LogP contribution in [-0.2, 0) is 4.74 Å². The van der Waals surface area contributed by atoms with Crippen molar-refractivity contribution in [3.8, 4) is 0 Å². The largest absolute Gasteiger partial charge is 0.446 e. The maximum atomic E-state index is 14.1. The van der Waals surface area contributed by atoms with Crippen LogP contribution < -0.4 is 0 Å². The van der Waals surface area contributed by atoms with E-state index in [-0.39, 0.29) is 12.2 Å². The number of amides is 1. The predicted molar refractivity (Wildman–Crippen MR) is 305 cm³/mol. The minimum absolute atomic E-state index is 0.00507. The molecule has 0 heterocycles. The second-order valence-electron chi connectivity index (χ2n) is 20.7. The van der Waals surface area contributed by atoms with Crippen molar-refractivity contribution >= 4 is 6.09 Å². The minimum Gasteiger partial charge on any atom is -0.446 e. The van der Waals surface area contributed by atoms with Crippen molar-refractivity contribution in [1.29, 1.82) is 0 Å². The Morgan fingerprint density at radius 3 is 0.941 bits per heavy atom. The Morgan fingerprint density at radius 1 is 0.353 bits per heavy atom. The Balaban J connectivity index is 5.44. The van der Waals surface area contributed by atoms with E-state index in [0.717, 1.165) is 45.2 Å². The smallest absolute Gasteiger partial charge is 0.410 e. The third-order valence-electron chi connectivity index (χ3n) is 13.4. The highest BCUT2D eigenvalue weighted by molar-refractivity contribution is 5.67. The van der Waals surface area contributed by atoms with Gasteiger partial charge in [-0.3, -0.25) is 0 Å². The summed E-state index contributed by atoms with van der Waals surface area (Å²) in [6.45, 7) is 9.92. The van der Waals surface area contributed by atoms with E-state index in [1.54, 1.807) is 0 Å². The van der Waals surface area contributed by atoms with Crippen LogP contribution in [0.4, 0.5) is 4.79 Å². The molecule has 0 saturated heterocycles. The highest BCUT2D eigenvalue weighted by atomic mass is 16.6. The quantitative estimate of drug-likeness (QED) is 0.0450. The lowest BCUT2D eigenvalue weighted by Crippen LogP contribution is -2.43. The second-order valence-corrected chi connectivity index (χ2v) is 20.7. The van der Waals surface area contributed by atoms with Crippen LogP contribution in [0.25, 0.3) is 0 Å². The van der Waals surface area contributed by atoms with Gasteiger partial charge in [-0.2, -0.15) is 0 Å². The molecule has 2 atom stereocenters. The Morgan fingerprint density at radius 2 is 0.632 bits per heavy atom. The molecular formula is C63H117N3O2. The van der Waals surface area contributed by atoms with Crippen LogP contribution in [0.5, 0.6) is 0 Å². The highest BCUT2D eigenvalue weighted by Gasteiger charge is 2.27. The molecule has 2 unspecified atom stereocenters. The number of rotatable bonds is 51. The van der Waals surface area contributed by atoms with Crippen molar-refractivity contribution in [2.45, 2.75) is 264 Å². The average molecular weight is 949 g/mol. The first-order valence-corrected chi connectivity index (χ1v) is 29.5. The van der Waals surface area contributed by atoms with Crippen molar-refractivity contribution in [3.05, 3.63) is 72.9 Å². The van der Waals surface area contributed by atoms with Gasteiger partial charge >= 0.3 is 6.09 Å². The van der Waals surface area contributed by atoms with Gasteiger partial charge in [0.05, 0.1) is 0 Å². The monoisotopic (exact) mass is 948 g/mol. The van der Waals surface area contributed by atoms with E-state index in [1.807, 2.05) is 4.90 Å². The number of carbonyl (C=O) groups is 1. The number of likely N-dealkylation sites (N-methyl/N-ethyl adjacent to an activating group) is 2. The first kappa shape index (κ1) is 65.6. The van der Waals surface area contributed by atoms with E-state index in [0.29, 0.717) is 19.0 Å². The van der Waals surface area contributed by atoms with Gasteiger partial charge in [-0.15, -0.1) is 0 Å². The van der Waals surface area contributed by atoms with Crippen LogP contribution >= 0.6 is 0 Å². The minimum atomic E-state index is -0.0941. The van der Waals surface area contributed by atoms with Crippen molar-refractivity contribution in [2.75, 3.05) is 54.4 Å². The molecule has 0 rings (SSSR count). The molecule has 396 valence electrons. The van der Waals surface area contributed by atoms with E-state index in [9.17, 15) is 4.79 Å². The number of unbranched alkanes of at least 4 members (excludes halogenated alkanes) is 25. The summed E-state index contributed by atoms with van der Waals surface area (Å²) < 4.78 is 6.72. The van der Waals surface area contributed by atoms with Crippen LogP contribution in [0.1, 0.15) is 258 Å². The summed E-state index contributed by atoms with van der Waals surface area (Å²) in [4.78, 5) is 20.5. The first-order valence-electron chi connectivity index (χ1n) is 29.5. The summed E-state index contributed by atoms with van der Waals surface area (Å²) in [7, 11) is 8.38. The molecule has 5 heteroatoms. The lowest BCUT2D eigenvalue weighted by Gasteiger charge is -2.31. The van der Waals surface area contributed by atoms with Gasteiger partial charge in [0.25, 0.3) is 0 Å². The van der Waals surface area contributed by atoms with Gasteiger partial charge in [-0.05, 0) is 156 Å². The molecule has 68 heavy (non-hydrogen) atoms. The van der Waals surface area contributed by atoms with Gasteiger partial charge in [0.1, 0.15) is 6.10 Å². The van der Waals surface area contributed by atoms with E-state index in [4.69, 9.17) is 4.74 Å². The van der Waals surface area contributed by atoms with Crippen molar-refractivity contribution in [3.63, 3.8) is 0 Å². The predicted octanol–water partition coefficient (Wildman–Crippen LogP) is 19.4. The Labute approximate surface area is 426 Å². The third-order valence-corrected chi connectivity index (χ3v) is 13.4. The number of ether oxygens (including phenoxy) is 1. The molecule has 0 bridgehead atoms. The second kappa shape index (κ2) is 54.0. The number of hydrogen-bond donors (Lipinski definition) is 0. The third kappa shape index (κ3) is 48.6. The van der Waals surface area contributed by atoms with Crippen molar-refractivity contribution in [2.24, 2.45) is 5.92 Å². The zero-order chi connectivity index (χ0) is 49.6. The number of hydrogen-bond acceptors (Lipinski definition) is 4. The zero-order valence-electron chi connectivity index (χ0n) is 46.7. The van der Waals surface area contributed by atoms with Crippen LogP contribution in [0, 0.1) is 5.92 Å². The molecule has 0 aromatic rings. The Kier molecular flexibility index (Phi) is 52.1. The summed E-state index contributed by atoms with van der Waals surface area (Å²) in [5, 5.41) is 0. The Bertz CT molecular complexity index is 1200. The Hall–Kier alpha value is -2.37. The van der Waals surface area contributed by atoms with E-state index in [2.05, 4.69) is 132 Å². The molecule has 0 radical (unpaired) electrons. The van der Waals surface area contributed by atoms with Gasteiger partial charge in [0.15, 0.2) is 0 Å². The average Bonchev–Trinajstić information content (AvgIpc) is 3.32. The number of nitrogens with zero attached hydrogens (tertiary/aromatic N) is 3. The van der Waals surface area contributed by atoms with E-state index in [1.165, 1.54) is 205 Å². The molecule has 0 spiro atoms. The molecule has 0 aliphatic heterocycles. The summed E-state index contributed by atoms with van der Waals surface area (Å²) in [6.07, 6.45) is 74.4. The molecule has 0 saturated carbocycles. The fourth-order valence-electron chi connectivity index (χ4n) is 8.82. The van der Waals surface area contributed by atoms with Gasteiger partial charge in [-0.1, -0.05) is 209 Å². The lowest BCUT2D eigenvalue weighted by atomic mass is 9.87. The molecule has 0 aliphatic carbocycles. The summed E-state index contributed by atoms with van der Waals surface area (Å²) >= 11 is 0. The van der Waals surface area contributed by atoms with Crippen LogP contribution in [0.2, 0.25) is 0 Å². The van der Waals surface area contributed by atoms with Crippen molar-refractivity contribution < 1.29 is 9.53 Å². The van der Waals surface area contributed by atoms with Crippen LogP contribution in [0.15, 0.2) is 72.9 Å². The van der Waals surface area contributed by atoms with Crippen LogP contribution in [-0.4, -0.2) is 81.3 Å². The molecular weight excluding hydrogens is 831 g/mol. The maximum Gasteiger partial charge on any atom is 0.410 e. The summed E-state index contributed by atoms with van der Waals surface area (Å²) in [6, 6.07) is 0. The van der Waals surface area contributed by atoms with Crippen molar-refractivity contribution in [1.82, 2.24) is 14.7 Å². The summed E-state index contributed by atoms with van der Waals surface area (Å²) in [5.41, 5.74) is 0. The fraction of sp³-hybridized carbons (Fsp3) is 0.794. The maximum absolute atomic E-state index is 14.1.